The average Bonchev–Trinajstić information content (AvgIpc) is 2.23. The minimum atomic E-state index is -4.69. The zero-order chi connectivity index (χ0) is 13.2. The summed E-state index contributed by atoms with van der Waals surface area (Å²) in [7, 11) is 1.45. The number of carbonyl (C=O) groups excluding carboxylic acids is 2. The molecular weight excluding hydrogens is 244 g/mol. The Labute approximate surface area is 94.9 Å². The zero-order valence-electron chi connectivity index (χ0n) is 9.05. The van der Waals surface area contributed by atoms with Gasteiger partial charge >= 0.3 is 12.3 Å². The number of likely N-dealkylation sites (tertiary alicyclic amines) is 1. The fourth-order valence-electron chi connectivity index (χ4n) is 1.51. The Morgan fingerprint density at radius 3 is 2.59 bits per heavy atom. The molecule has 98 valence electrons. The number of piperidine rings is 1. The summed E-state index contributed by atoms with van der Waals surface area (Å²) in [4.78, 5) is 23.3. The van der Waals surface area contributed by atoms with Crippen LogP contribution in [0.15, 0.2) is 0 Å². The van der Waals surface area contributed by atoms with Gasteiger partial charge in [0.2, 0.25) is 5.91 Å². The van der Waals surface area contributed by atoms with Gasteiger partial charge in [-0.25, -0.2) is 8.78 Å². The van der Waals surface area contributed by atoms with E-state index in [1.54, 1.807) is 0 Å². The highest BCUT2D eigenvalue weighted by atomic mass is 19.3. The van der Waals surface area contributed by atoms with Gasteiger partial charge in [-0.2, -0.15) is 8.78 Å². The topological polar surface area (TPSA) is 49.4 Å². The van der Waals surface area contributed by atoms with Crippen LogP contribution in [-0.4, -0.2) is 48.7 Å². The highest BCUT2D eigenvalue weighted by Crippen LogP contribution is 2.23. The first-order valence-electron chi connectivity index (χ1n) is 4.96. The van der Waals surface area contributed by atoms with Crippen molar-refractivity contribution in [3.8, 4) is 0 Å². The first-order chi connectivity index (χ1) is 7.75. The first-order valence-corrected chi connectivity index (χ1v) is 4.96. The van der Waals surface area contributed by atoms with Crippen LogP contribution >= 0.6 is 0 Å². The van der Waals surface area contributed by atoms with Crippen molar-refractivity contribution in [1.29, 1.82) is 0 Å². The van der Waals surface area contributed by atoms with Crippen LogP contribution in [0.2, 0.25) is 0 Å². The van der Waals surface area contributed by atoms with E-state index in [4.69, 9.17) is 0 Å². The Morgan fingerprint density at radius 2 is 2.12 bits per heavy atom. The SMILES string of the molecule is CN1CC(NC(=O)C(F)(F)C(F)F)CCC1=O. The predicted molar refractivity (Wildman–Crippen MR) is 49.8 cm³/mol. The molecule has 1 atom stereocenters. The number of likely N-dealkylation sites (N-methyl/N-ethyl adjacent to an activating group) is 1. The summed E-state index contributed by atoms with van der Waals surface area (Å²) in [6, 6.07) is -0.713. The van der Waals surface area contributed by atoms with Gasteiger partial charge in [0.1, 0.15) is 0 Å². The molecule has 0 spiro atoms. The second kappa shape index (κ2) is 4.89. The molecule has 1 fully saturated rings. The molecule has 0 aromatic rings. The molecule has 1 aliphatic rings. The maximum atomic E-state index is 12.6. The normalized spacial score (nSPS) is 21.9. The maximum absolute atomic E-state index is 12.6. The molecule has 0 aliphatic carbocycles. The molecule has 8 heteroatoms. The third kappa shape index (κ3) is 3.07. The molecule has 0 aromatic carbocycles. The van der Waals surface area contributed by atoms with E-state index in [-0.39, 0.29) is 25.3 Å². The van der Waals surface area contributed by atoms with Crippen LogP contribution in [0.4, 0.5) is 17.6 Å². The van der Waals surface area contributed by atoms with Crippen LogP contribution in [0.25, 0.3) is 0 Å². The van der Waals surface area contributed by atoms with E-state index in [0.717, 1.165) is 0 Å². The van der Waals surface area contributed by atoms with E-state index in [1.807, 2.05) is 5.32 Å². The molecule has 2 amide bonds. The van der Waals surface area contributed by atoms with Crippen molar-refractivity contribution in [3.05, 3.63) is 0 Å². The van der Waals surface area contributed by atoms with Crippen LogP contribution in [0.3, 0.4) is 0 Å². The monoisotopic (exact) mass is 256 g/mol. The lowest BCUT2D eigenvalue weighted by atomic mass is 10.1. The van der Waals surface area contributed by atoms with Crippen molar-refractivity contribution >= 4 is 11.8 Å². The molecule has 1 saturated heterocycles. The number of halogens is 4. The standard InChI is InChI=1S/C9H12F4N2O2/c1-15-4-5(2-3-6(15)16)14-8(17)9(12,13)7(10)11/h5,7H,2-4H2,1H3,(H,14,17). The first kappa shape index (κ1) is 13.7. The second-order valence-electron chi connectivity index (χ2n) is 3.91. The van der Waals surface area contributed by atoms with Gasteiger partial charge in [0.25, 0.3) is 5.91 Å². The second-order valence-corrected chi connectivity index (χ2v) is 3.91. The zero-order valence-corrected chi connectivity index (χ0v) is 9.05. The van der Waals surface area contributed by atoms with Gasteiger partial charge in [-0.05, 0) is 6.42 Å². The average molecular weight is 256 g/mol. The third-order valence-electron chi connectivity index (χ3n) is 2.54. The lowest BCUT2D eigenvalue weighted by Gasteiger charge is -2.31. The van der Waals surface area contributed by atoms with Crippen LogP contribution < -0.4 is 5.32 Å². The summed E-state index contributed by atoms with van der Waals surface area (Å²) in [5.74, 6) is -6.86. The number of hydrogen-bond donors (Lipinski definition) is 1. The van der Waals surface area contributed by atoms with Gasteiger partial charge in [0.05, 0.1) is 0 Å². The molecule has 1 unspecified atom stereocenters. The van der Waals surface area contributed by atoms with Crippen molar-refractivity contribution in [2.24, 2.45) is 0 Å². The summed E-state index contributed by atoms with van der Waals surface area (Å²) >= 11 is 0. The van der Waals surface area contributed by atoms with Crippen LogP contribution in [-0.2, 0) is 9.59 Å². The number of carbonyl (C=O) groups is 2. The minimum absolute atomic E-state index is 0.0455. The molecule has 0 saturated carbocycles. The molecule has 0 aromatic heterocycles. The molecule has 1 aliphatic heterocycles. The number of hydrogen-bond acceptors (Lipinski definition) is 2. The van der Waals surface area contributed by atoms with Crippen molar-refractivity contribution in [2.75, 3.05) is 13.6 Å². The van der Waals surface area contributed by atoms with E-state index < -0.39 is 24.3 Å². The Bertz CT molecular complexity index is 322. The smallest absolute Gasteiger partial charge is 0.346 e. The molecule has 0 bridgehead atoms. The fraction of sp³-hybridized carbons (Fsp3) is 0.778. The summed E-state index contributed by atoms with van der Waals surface area (Å²) < 4.78 is 49.0. The third-order valence-corrected chi connectivity index (χ3v) is 2.54. The quantitative estimate of drug-likeness (QED) is 0.753. The highest BCUT2D eigenvalue weighted by molar-refractivity contribution is 5.84. The molecule has 0 radical (unpaired) electrons. The van der Waals surface area contributed by atoms with Crippen molar-refractivity contribution < 1.29 is 27.2 Å². The Morgan fingerprint density at radius 1 is 1.53 bits per heavy atom. The van der Waals surface area contributed by atoms with Gasteiger partial charge in [-0.15, -0.1) is 0 Å². The summed E-state index contributed by atoms with van der Waals surface area (Å²) in [5, 5.41) is 1.83. The van der Waals surface area contributed by atoms with Gasteiger partial charge in [-0.3, -0.25) is 9.59 Å². The molecule has 4 nitrogen and oxygen atoms in total. The Balaban J connectivity index is 2.55. The Kier molecular flexibility index (Phi) is 3.94. The number of nitrogens with one attached hydrogen (secondary N) is 1. The van der Waals surface area contributed by atoms with Crippen molar-refractivity contribution in [3.63, 3.8) is 0 Å². The molecule has 1 heterocycles. The number of amides is 2. The molecule has 1 rings (SSSR count). The number of alkyl halides is 4. The van der Waals surface area contributed by atoms with E-state index in [0.29, 0.717) is 0 Å². The predicted octanol–water partition coefficient (Wildman–Crippen LogP) is 0.624. The van der Waals surface area contributed by atoms with Gasteiger partial charge in [-0.1, -0.05) is 0 Å². The lowest BCUT2D eigenvalue weighted by Crippen LogP contribution is -2.54. The minimum Gasteiger partial charge on any atom is -0.346 e. The van der Waals surface area contributed by atoms with E-state index in [1.165, 1.54) is 11.9 Å². The largest absolute Gasteiger partial charge is 0.383 e. The highest BCUT2D eigenvalue weighted by Gasteiger charge is 2.49. The number of rotatable bonds is 3. The van der Waals surface area contributed by atoms with Crippen LogP contribution in [0.5, 0.6) is 0 Å². The van der Waals surface area contributed by atoms with Crippen LogP contribution in [0.1, 0.15) is 12.8 Å². The van der Waals surface area contributed by atoms with Crippen molar-refractivity contribution in [2.45, 2.75) is 31.2 Å². The fourth-order valence-corrected chi connectivity index (χ4v) is 1.51. The van der Waals surface area contributed by atoms with Crippen molar-refractivity contribution in [1.82, 2.24) is 10.2 Å². The number of nitrogens with zero attached hydrogens (tertiary/aromatic N) is 1. The molecular formula is C9H12F4N2O2. The maximum Gasteiger partial charge on any atom is 0.383 e. The van der Waals surface area contributed by atoms with E-state index in [2.05, 4.69) is 0 Å². The van der Waals surface area contributed by atoms with Gasteiger partial charge in [0.15, 0.2) is 0 Å². The lowest BCUT2D eigenvalue weighted by molar-refractivity contribution is -0.170. The van der Waals surface area contributed by atoms with E-state index >= 15 is 0 Å². The van der Waals surface area contributed by atoms with E-state index in [9.17, 15) is 27.2 Å². The molecule has 17 heavy (non-hydrogen) atoms. The summed E-state index contributed by atoms with van der Waals surface area (Å²) in [5.41, 5.74) is 0. The van der Waals surface area contributed by atoms with Gasteiger partial charge < -0.3 is 10.2 Å². The summed E-state index contributed by atoms with van der Waals surface area (Å²) in [6.45, 7) is 0.0455. The van der Waals surface area contributed by atoms with Gasteiger partial charge in [0, 0.05) is 26.1 Å². The summed E-state index contributed by atoms with van der Waals surface area (Å²) in [6.07, 6.45) is -3.76. The van der Waals surface area contributed by atoms with Crippen LogP contribution in [0, 0.1) is 0 Å². The Hall–Kier alpha value is -1.34. The molecule has 1 N–H and O–H groups in total.